The molecule has 2 heterocycles. The van der Waals surface area contributed by atoms with Crippen molar-refractivity contribution < 1.29 is 38.6 Å². The van der Waals surface area contributed by atoms with Crippen LogP contribution in [-0.2, 0) is 14.3 Å². The Morgan fingerprint density at radius 2 is 1.50 bits per heavy atom. The number of hydrazine groups is 1. The molecule has 13 heteroatoms. The van der Waals surface area contributed by atoms with E-state index in [1.165, 1.54) is 29.2 Å². The fourth-order valence-electron chi connectivity index (χ4n) is 5.78. The summed E-state index contributed by atoms with van der Waals surface area (Å²) in [6, 6.07) is 12.6. The number of carbonyl (C=O) groups excluding carboxylic acids is 5. The number of carbonyl (C=O) groups is 5. The standard InChI is InChI=1S/C35H47N5O8/c1-22(2)20-26(37-28(41)23-14-16-25(17-15-23)36-31(44)47-33(3,4)5)30(43)40-35(46)18-19-38(29(42)24-12-10-9-11-13-24)27(35)21-39(40)32(45)48-34(6,7)8/h9-17,22,26-27,46H,18-21H2,1-8H3,(H,36,44)(H,37,41)/t26-,27+,35-/m0/s1. The smallest absolute Gasteiger partial charge is 0.429 e. The van der Waals surface area contributed by atoms with E-state index < -0.39 is 53.0 Å². The highest BCUT2D eigenvalue weighted by atomic mass is 16.6. The van der Waals surface area contributed by atoms with Crippen LogP contribution in [-0.4, -0.2) is 92.0 Å². The second-order valence-electron chi connectivity index (χ2n) is 14.6. The van der Waals surface area contributed by atoms with E-state index in [2.05, 4.69) is 10.6 Å². The van der Waals surface area contributed by atoms with Crippen LogP contribution in [0.25, 0.3) is 0 Å². The fourth-order valence-corrected chi connectivity index (χ4v) is 5.78. The number of amides is 5. The van der Waals surface area contributed by atoms with Gasteiger partial charge in [0.2, 0.25) is 0 Å². The third-order valence-corrected chi connectivity index (χ3v) is 7.78. The van der Waals surface area contributed by atoms with E-state index >= 15 is 0 Å². The Hall–Kier alpha value is -4.65. The molecule has 2 saturated heterocycles. The summed E-state index contributed by atoms with van der Waals surface area (Å²) in [6.07, 6.45) is -1.34. The summed E-state index contributed by atoms with van der Waals surface area (Å²) in [4.78, 5) is 68.6. The normalized spacial score (nSPS) is 19.9. The second-order valence-corrected chi connectivity index (χ2v) is 14.6. The van der Waals surface area contributed by atoms with Crippen molar-refractivity contribution in [2.75, 3.05) is 18.4 Å². The minimum absolute atomic E-state index is 0.0181. The molecule has 0 aliphatic carbocycles. The fraction of sp³-hybridized carbons (Fsp3) is 0.514. The highest BCUT2D eigenvalue weighted by molar-refractivity contribution is 5.99. The molecule has 3 atom stereocenters. The van der Waals surface area contributed by atoms with Crippen LogP contribution in [0.4, 0.5) is 15.3 Å². The number of nitrogens with zero attached hydrogens (tertiary/aromatic N) is 3. The number of ether oxygens (including phenoxy) is 2. The first-order chi connectivity index (χ1) is 22.3. The van der Waals surface area contributed by atoms with Crippen LogP contribution in [0, 0.1) is 5.92 Å². The van der Waals surface area contributed by atoms with Crippen molar-refractivity contribution in [1.82, 2.24) is 20.2 Å². The van der Waals surface area contributed by atoms with Gasteiger partial charge in [-0.25, -0.2) is 19.6 Å². The Bertz CT molecular complexity index is 1520. The van der Waals surface area contributed by atoms with E-state index in [9.17, 15) is 29.1 Å². The minimum Gasteiger partial charge on any atom is -0.444 e. The Kier molecular flexibility index (Phi) is 10.4. The van der Waals surface area contributed by atoms with E-state index in [0.29, 0.717) is 11.3 Å². The summed E-state index contributed by atoms with van der Waals surface area (Å²) in [7, 11) is 0. The molecule has 0 unspecified atom stereocenters. The molecule has 0 radical (unpaired) electrons. The van der Waals surface area contributed by atoms with E-state index in [1.54, 1.807) is 71.9 Å². The van der Waals surface area contributed by atoms with E-state index in [0.717, 1.165) is 10.0 Å². The Morgan fingerprint density at radius 1 is 0.896 bits per heavy atom. The molecule has 3 N–H and O–H groups in total. The van der Waals surface area contributed by atoms with Crippen LogP contribution in [0.1, 0.15) is 88.9 Å². The number of rotatable bonds is 7. The third-order valence-electron chi connectivity index (χ3n) is 7.78. The second kappa shape index (κ2) is 13.8. The average molecular weight is 666 g/mol. The van der Waals surface area contributed by atoms with Crippen molar-refractivity contribution in [2.24, 2.45) is 5.92 Å². The van der Waals surface area contributed by atoms with Crippen molar-refractivity contribution in [3.63, 3.8) is 0 Å². The molecule has 13 nitrogen and oxygen atoms in total. The van der Waals surface area contributed by atoms with E-state index in [-0.39, 0.29) is 43.3 Å². The van der Waals surface area contributed by atoms with Crippen molar-refractivity contribution in [3.05, 3.63) is 65.7 Å². The molecule has 2 aliphatic rings. The molecule has 2 fully saturated rings. The highest BCUT2D eigenvalue weighted by Crippen LogP contribution is 2.41. The number of anilines is 1. The maximum Gasteiger partial charge on any atom is 0.429 e. The summed E-state index contributed by atoms with van der Waals surface area (Å²) in [5, 5.41) is 19.6. The molecule has 48 heavy (non-hydrogen) atoms. The van der Waals surface area contributed by atoms with Gasteiger partial charge in [0.25, 0.3) is 17.7 Å². The van der Waals surface area contributed by atoms with Crippen LogP contribution in [0.3, 0.4) is 0 Å². The SMILES string of the molecule is CC(C)C[C@H](NC(=O)c1ccc(NC(=O)OC(C)(C)C)cc1)C(=O)N1N(C(=O)OC(C)(C)C)C[C@H]2N(C(=O)c3ccccc3)CC[C@]21O. The quantitative estimate of drug-likeness (QED) is 0.382. The van der Waals surface area contributed by atoms with E-state index in [4.69, 9.17) is 9.47 Å². The lowest BCUT2D eigenvalue weighted by Crippen LogP contribution is -2.62. The van der Waals surface area contributed by atoms with Gasteiger partial charge in [0.1, 0.15) is 23.3 Å². The number of hydrogen-bond donors (Lipinski definition) is 3. The minimum atomic E-state index is -1.94. The van der Waals surface area contributed by atoms with Gasteiger partial charge in [0.15, 0.2) is 5.72 Å². The number of hydrogen-bond acceptors (Lipinski definition) is 8. The Morgan fingerprint density at radius 3 is 2.06 bits per heavy atom. The molecule has 2 aromatic carbocycles. The molecule has 0 saturated carbocycles. The number of nitrogens with one attached hydrogen (secondary N) is 2. The predicted molar refractivity (Wildman–Crippen MR) is 178 cm³/mol. The lowest BCUT2D eigenvalue weighted by Gasteiger charge is -2.39. The Labute approximate surface area is 281 Å². The number of fused-ring (bicyclic) bond motifs is 1. The van der Waals surface area contributed by atoms with Gasteiger partial charge in [0, 0.05) is 29.8 Å². The van der Waals surface area contributed by atoms with Gasteiger partial charge in [-0.05, 0) is 90.3 Å². The zero-order chi connectivity index (χ0) is 35.6. The zero-order valence-corrected chi connectivity index (χ0v) is 28.9. The molecule has 0 spiro atoms. The van der Waals surface area contributed by atoms with Crippen molar-refractivity contribution in [1.29, 1.82) is 0 Å². The molecule has 5 amide bonds. The maximum atomic E-state index is 14.4. The molecule has 2 aromatic rings. The van der Waals surface area contributed by atoms with Crippen molar-refractivity contribution in [2.45, 2.75) is 97.2 Å². The van der Waals surface area contributed by atoms with Crippen LogP contribution in [0.2, 0.25) is 0 Å². The molecule has 4 rings (SSSR count). The lowest BCUT2D eigenvalue weighted by atomic mass is 10.00. The van der Waals surface area contributed by atoms with Crippen LogP contribution >= 0.6 is 0 Å². The summed E-state index contributed by atoms with van der Waals surface area (Å²) in [5.74, 6) is -1.70. The number of likely N-dealkylation sites (tertiary alicyclic amines) is 1. The molecular formula is C35H47N5O8. The first-order valence-corrected chi connectivity index (χ1v) is 16.1. The molecule has 0 bridgehead atoms. The molecule has 0 aromatic heterocycles. The first-order valence-electron chi connectivity index (χ1n) is 16.1. The first kappa shape index (κ1) is 36.2. The van der Waals surface area contributed by atoms with Crippen LogP contribution in [0.15, 0.2) is 54.6 Å². The summed E-state index contributed by atoms with van der Waals surface area (Å²) < 4.78 is 10.9. The number of benzene rings is 2. The molecular weight excluding hydrogens is 618 g/mol. The van der Waals surface area contributed by atoms with Gasteiger partial charge in [-0.2, -0.15) is 0 Å². The summed E-state index contributed by atoms with van der Waals surface area (Å²) in [6.45, 7) is 14.0. The van der Waals surface area contributed by atoms with Crippen molar-refractivity contribution in [3.8, 4) is 0 Å². The predicted octanol–water partition coefficient (Wildman–Crippen LogP) is 4.78. The Balaban J connectivity index is 1.60. The van der Waals surface area contributed by atoms with Gasteiger partial charge < -0.3 is 24.8 Å². The largest absolute Gasteiger partial charge is 0.444 e. The molecule has 2 aliphatic heterocycles. The third kappa shape index (κ3) is 8.43. The zero-order valence-electron chi connectivity index (χ0n) is 28.9. The van der Waals surface area contributed by atoms with Crippen molar-refractivity contribution >= 4 is 35.6 Å². The van der Waals surface area contributed by atoms with E-state index in [1.807, 2.05) is 13.8 Å². The number of aliphatic hydroxyl groups is 1. The topological polar surface area (TPSA) is 158 Å². The van der Waals surface area contributed by atoms with Crippen LogP contribution in [0.5, 0.6) is 0 Å². The lowest BCUT2D eigenvalue weighted by molar-refractivity contribution is -0.184. The summed E-state index contributed by atoms with van der Waals surface area (Å²) >= 11 is 0. The molecule has 260 valence electrons. The summed E-state index contributed by atoms with van der Waals surface area (Å²) in [5.41, 5.74) is -2.50. The van der Waals surface area contributed by atoms with Crippen LogP contribution < -0.4 is 10.6 Å². The van der Waals surface area contributed by atoms with Gasteiger partial charge in [-0.1, -0.05) is 32.0 Å². The highest BCUT2D eigenvalue weighted by Gasteiger charge is 2.63. The van der Waals surface area contributed by atoms with Gasteiger partial charge in [-0.15, -0.1) is 0 Å². The van der Waals surface area contributed by atoms with Gasteiger partial charge >= 0.3 is 12.2 Å². The maximum absolute atomic E-state index is 14.4. The van der Waals surface area contributed by atoms with Gasteiger partial charge in [0.05, 0.1) is 6.54 Å². The monoisotopic (exact) mass is 665 g/mol. The van der Waals surface area contributed by atoms with Gasteiger partial charge in [-0.3, -0.25) is 19.7 Å². The average Bonchev–Trinajstić information content (AvgIpc) is 3.46.